The van der Waals surface area contributed by atoms with Gasteiger partial charge in [0.2, 0.25) is 0 Å². The van der Waals surface area contributed by atoms with E-state index in [1.807, 2.05) is 23.0 Å². The lowest BCUT2D eigenvalue weighted by Gasteiger charge is -2.39. The molecule has 102 valence electrons. The predicted octanol–water partition coefficient (Wildman–Crippen LogP) is 1.11. The molecule has 4 rings (SSSR count). The standard InChI is InChI=1S/C12H12ClN7/c13-10-3-15-19(7-10)6-9-4-18(5-9)12-2-1-11-16-14-8-20(11)17-12/h1-3,7-9H,4-6H2. The fraction of sp³-hybridized carbons (Fsp3) is 0.333. The van der Waals surface area contributed by atoms with E-state index in [4.69, 9.17) is 11.6 Å². The van der Waals surface area contributed by atoms with E-state index in [2.05, 4.69) is 25.3 Å². The van der Waals surface area contributed by atoms with Crippen LogP contribution in [0.4, 0.5) is 5.82 Å². The summed E-state index contributed by atoms with van der Waals surface area (Å²) < 4.78 is 3.58. The van der Waals surface area contributed by atoms with E-state index in [0.717, 1.165) is 31.1 Å². The molecule has 0 radical (unpaired) electrons. The molecule has 3 aromatic heterocycles. The molecule has 7 nitrogen and oxygen atoms in total. The van der Waals surface area contributed by atoms with E-state index in [1.165, 1.54) is 0 Å². The van der Waals surface area contributed by atoms with Crippen LogP contribution in [-0.4, -0.2) is 42.7 Å². The van der Waals surface area contributed by atoms with Gasteiger partial charge in [0.05, 0.1) is 11.2 Å². The van der Waals surface area contributed by atoms with Crippen LogP contribution in [0.5, 0.6) is 0 Å². The lowest BCUT2D eigenvalue weighted by Crippen LogP contribution is -2.49. The largest absolute Gasteiger partial charge is 0.354 e. The second-order valence-electron chi connectivity index (χ2n) is 4.98. The summed E-state index contributed by atoms with van der Waals surface area (Å²) >= 11 is 5.86. The topological polar surface area (TPSA) is 64.1 Å². The molecule has 8 heteroatoms. The average molecular weight is 290 g/mol. The van der Waals surface area contributed by atoms with Crippen molar-refractivity contribution in [3.63, 3.8) is 0 Å². The van der Waals surface area contributed by atoms with Gasteiger partial charge in [-0.05, 0) is 12.1 Å². The molecular formula is C12H12ClN7. The summed E-state index contributed by atoms with van der Waals surface area (Å²) in [5, 5.41) is 17.1. The van der Waals surface area contributed by atoms with Crippen molar-refractivity contribution >= 4 is 23.1 Å². The molecule has 1 aliphatic heterocycles. The Kier molecular flexibility index (Phi) is 2.59. The molecule has 1 saturated heterocycles. The Labute approximate surface area is 119 Å². The number of nitrogens with zero attached hydrogens (tertiary/aromatic N) is 7. The zero-order chi connectivity index (χ0) is 13.5. The van der Waals surface area contributed by atoms with Crippen molar-refractivity contribution in [2.75, 3.05) is 18.0 Å². The molecule has 0 unspecified atom stereocenters. The maximum Gasteiger partial charge on any atom is 0.177 e. The van der Waals surface area contributed by atoms with E-state index in [0.29, 0.717) is 10.9 Å². The van der Waals surface area contributed by atoms with Crippen molar-refractivity contribution in [1.29, 1.82) is 0 Å². The van der Waals surface area contributed by atoms with E-state index in [-0.39, 0.29) is 0 Å². The summed E-state index contributed by atoms with van der Waals surface area (Å²) in [4.78, 5) is 2.23. The Balaban J connectivity index is 1.42. The van der Waals surface area contributed by atoms with Gasteiger partial charge in [0.15, 0.2) is 5.65 Å². The lowest BCUT2D eigenvalue weighted by atomic mass is 10.0. The van der Waals surface area contributed by atoms with E-state index in [1.54, 1.807) is 17.0 Å². The number of aromatic nitrogens is 6. The van der Waals surface area contributed by atoms with Crippen molar-refractivity contribution < 1.29 is 0 Å². The molecule has 0 aromatic carbocycles. The fourth-order valence-electron chi connectivity index (χ4n) is 2.46. The summed E-state index contributed by atoms with van der Waals surface area (Å²) in [5.41, 5.74) is 0.761. The molecule has 0 aliphatic carbocycles. The lowest BCUT2D eigenvalue weighted by molar-refractivity contribution is 0.339. The SMILES string of the molecule is Clc1cnn(CC2CN(c3ccc4nncn4n3)C2)c1. The van der Waals surface area contributed by atoms with Crippen LogP contribution < -0.4 is 4.90 Å². The number of hydrogen-bond donors (Lipinski definition) is 0. The minimum atomic E-state index is 0.573. The number of halogens is 1. The third-order valence-corrected chi connectivity index (χ3v) is 3.67. The smallest absolute Gasteiger partial charge is 0.177 e. The maximum atomic E-state index is 5.86. The summed E-state index contributed by atoms with van der Waals surface area (Å²) in [7, 11) is 0. The zero-order valence-corrected chi connectivity index (χ0v) is 11.3. The number of rotatable bonds is 3. The third-order valence-electron chi connectivity index (χ3n) is 3.48. The highest BCUT2D eigenvalue weighted by molar-refractivity contribution is 6.30. The third kappa shape index (κ3) is 2.00. The van der Waals surface area contributed by atoms with Gasteiger partial charge in [0, 0.05) is 31.7 Å². The van der Waals surface area contributed by atoms with Gasteiger partial charge in [-0.15, -0.1) is 15.3 Å². The quantitative estimate of drug-likeness (QED) is 0.723. The highest BCUT2D eigenvalue weighted by Crippen LogP contribution is 2.24. The minimum absolute atomic E-state index is 0.573. The van der Waals surface area contributed by atoms with Crippen LogP contribution in [0.3, 0.4) is 0 Å². The van der Waals surface area contributed by atoms with E-state index < -0.39 is 0 Å². The van der Waals surface area contributed by atoms with Gasteiger partial charge in [0.25, 0.3) is 0 Å². The van der Waals surface area contributed by atoms with Crippen LogP contribution in [0, 0.1) is 5.92 Å². The first-order chi connectivity index (χ1) is 9.78. The summed E-state index contributed by atoms with van der Waals surface area (Å²) in [6, 6.07) is 3.90. The van der Waals surface area contributed by atoms with E-state index in [9.17, 15) is 0 Å². The second-order valence-corrected chi connectivity index (χ2v) is 5.41. The van der Waals surface area contributed by atoms with E-state index >= 15 is 0 Å². The van der Waals surface area contributed by atoms with Crippen LogP contribution in [0.2, 0.25) is 5.02 Å². The molecule has 0 saturated carbocycles. The molecule has 0 N–H and O–H groups in total. The summed E-state index contributed by atoms with van der Waals surface area (Å²) in [5.74, 6) is 1.52. The Morgan fingerprint density at radius 1 is 1.30 bits per heavy atom. The maximum absolute atomic E-state index is 5.86. The van der Waals surface area contributed by atoms with Gasteiger partial charge in [-0.2, -0.15) is 9.61 Å². The van der Waals surface area contributed by atoms with Crippen molar-refractivity contribution in [1.82, 2.24) is 29.6 Å². The van der Waals surface area contributed by atoms with Crippen LogP contribution in [-0.2, 0) is 6.54 Å². The number of hydrogen-bond acceptors (Lipinski definition) is 5. The molecule has 1 aliphatic rings. The van der Waals surface area contributed by atoms with Crippen molar-refractivity contribution in [3.05, 3.63) is 35.9 Å². The van der Waals surface area contributed by atoms with Crippen LogP contribution in [0.25, 0.3) is 5.65 Å². The zero-order valence-electron chi connectivity index (χ0n) is 10.6. The molecule has 0 atom stereocenters. The molecule has 0 spiro atoms. The van der Waals surface area contributed by atoms with Gasteiger partial charge < -0.3 is 4.90 Å². The van der Waals surface area contributed by atoms with Crippen molar-refractivity contribution in [3.8, 4) is 0 Å². The van der Waals surface area contributed by atoms with Gasteiger partial charge in [-0.3, -0.25) is 4.68 Å². The molecule has 3 aromatic rings. The minimum Gasteiger partial charge on any atom is -0.354 e. The Morgan fingerprint density at radius 2 is 2.20 bits per heavy atom. The summed E-state index contributed by atoms with van der Waals surface area (Å²) in [6.45, 7) is 2.83. The molecule has 0 amide bonds. The first-order valence-corrected chi connectivity index (χ1v) is 6.76. The van der Waals surface area contributed by atoms with Crippen LogP contribution in [0.15, 0.2) is 30.9 Å². The van der Waals surface area contributed by atoms with Gasteiger partial charge in [0.1, 0.15) is 12.1 Å². The molecular weight excluding hydrogens is 278 g/mol. The monoisotopic (exact) mass is 289 g/mol. The van der Waals surface area contributed by atoms with Gasteiger partial charge in [-0.1, -0.05) is 11.6 Å². The predicted molar refractivity (Wildman–Crippen MR) is 73.7 cm³/mol. The molecule has 4 heterocycles. The summed E-state index contributed by atoms with van der Waals surface area (Å²) in [6.07, 6.45) is 5.13. The first kappa shape index (κ1) is 11.7. The Hall–Kier alpha value is -2.15. The Morgan fingerprint density at radius 3 is 3.00 bits per heavy atom. The van der Waals surface area contributed by atoms with Crippen molar-refractivity contribution in [2.24, 2.45) is 5.92 Å². The molecule has 0 bridgehead atoms. The Bertz CT molecular complexity index is 743. The molecule has 20 heavy (non-hydrogen) atoms. The second kappa shape index (κ2) is 4.45. The van der Waals surface area contributed by atoms with Crippen LogP contribution >= 0.6 is 11.6 Å². The van der Waals surface area contributed by atoms with Gasteiger partial charge in [-0.25, -0.2) is 0 Å². The highest BCUT2D eigenvalue weighted by Gasteiger charge is 2.28. The number of anilines is 1. The average Bonchev–Trinajstić information content (AvgIpc) is 3.01. The van der Waals surface area contributed by atoms with Crippen molar-refractivity contribution in [2.45, 2.75) is 6.54 Å². The highest BCUT2D eigenvalue weighted by atomic mass is 35.5. The fourth-order valence-corrected chi connectivity index (χ4v) is 2.62. The van der Waals surface area contributed by atoms with Gasteiger partial charge >= 0.3 is 0 Å². The normalized spacial score (nSPS) is 15.8. The first-order valence-electron chi connectivity index (χ1n) is 6.38. The van der Waals surface area contributed by atoms with Crippen LogP contribution in [0.1, 0.15) is 0 Å². The molecule has 1 fully saturated rings. The number of fused-ring (bicyclic) bond motifs is 1.